The molecule has 0 aliphatic carbocycles. The van der Waals surface area contributed by atoms with Crippen molar-refractivity contribution in [3.05, 3.63) is 0 Å². The SMILES string of the molecule is CCOC(=O)CCC(C(=O)O)C(=O)OCC. The number of carboxylic acids is 1. The van der Waals surface area contributed by atoms with Crippen LogP contribution in [-0.4, -0.2) is 36.2 Å². The van der Waals surface area contributed by atoms with E-state index in [4.69, 9.17) is 5.11 Å². The molecule has 0 bridgehead atoms. The van der Waals surface area contributed by atoms with Crippen LogP contribution in [-0.2, 0) is 23.9 Å². The number of ether oxygens (including phenoxy) is 2. The topological polar surface area (TPSA) is 89.9 Å². The Labute approximate surface area is 93.5 Å². The molecule has 0 aromatic heterocycles. The highest BCUT2D eigenvalue weighted by molar-refractivity contribution is 5.94. The minimum atomic E-state index is -1.30. The Morgan fingerprint density at radius 3 is 2.12 bits per heavy atom. The predicted molar refractivity (Wildman–Crippen MR) is 53.6 cm³/mol. The number of hydrogen-bond donors (Lipinski definition) is 1. The number of aliphatic carboxylic acids is 1. The molecule has 0 saturated carbocycles. The molecule has 0 fully saturated rings. The monoisotopic (exact) mass is 232 g/mol. The van der Waals surface area contributed by atoms with Crippen LogP contribution in [0.15, 0.2) is 0 Å². The van der Waals surface area contributed by atoms with Crippen LogP contribution in [0, 0.1) is 5.92 Å². The van der Waals surface area contributed by atoms with Gasteiger partial charge in [-0.1, -0.05) is 0 Å². The Morgan fingerprint density at radius 1 is 1.12 bits per heavy atom. The van der Waals surface area contributed by atoms with E-state index in [0.29, 0.717) is 0 Å². The van der Waals surface area contributed by atoms with E-state index < -0.39 is 23.8 Å². The van der Waals surface area contributed by atoms with E-state index in [1.54, 1.807) is 13.8 Å². The molecule has 0 spiro atoms. The molecular weight excluding hydrogens is 216 g/mol. The van der Waals surface area contributed by atoms with Gasteiger partial charge in [0.1, 0.15) is 0 Å². The summed E-state index contributed by atoms with van der Waals surface area (Å²) in [6.45, 7) is 3.58. The van der Waals surface area contributed by atoms with Crippen molar-refractivity contribution in [1.29, 1.82) is 0 Å². The van der Waals surface area contributed by atoms with Crippen molar-refractivity contribution >= 4 is 17.9 Å². The van der Waals surface area contributed by atoms with Crippen LogP contribution < -0.4 is 0 Å². The maximum absolute atomic E-state index is 11.2. The summed E-state index contributed by atoms with van der Waals surface area (Å²) in [5.41, 5.74) is 0. The second-order valence-corrected chi connectivity index (χ2v) is 2.99. The number of carbonyl (C=O) groups excluding carboxylic acids is 2. The first-order valence-corrected chi connectivity index (χ1v) is 5.07. The zero-order valence-electron chi connectivity index (χ0n) is 9.39. The van der Waals surface area contributed by atoms with E-state index in [2.05, 4.69) is 9.47 Å². The maximum Gasteiger partial charge on any atom is 0.320 e. The minimum absolute atomic E-state index is 0.104. The molecule has 6 nitrogen and oxygen atoms in total. The zero-order chi connectivity index (χ0) is 12.6. The molecule has 0 aliphatic heterocycles. The first-order chi connectivity index (χ1) is 7.52. The molecule has 16 heavy (non-hydrogen) atoms. The summed E-state index contributed by atoms with van der Waals surface area (Å²) in [5, 5.41) is 8.76. The van der Waals surface area contributed by atoms with Crippen LogP contribution in [0.2, 0.25) is 0 Å². The van der Waals surface area contributed by atoms with E-state index in [1.807, 2.05) is 0 Å². The number of carboxylic acid groups (broad SMARTS) is 1. The van der Waals surface area contributed by atoms with Crippen LogP contribution in [0.5, 0.6) is 0 Å². The zero-order valence-corrected chi connectivity index (χ0v) is 9.39. The van der Waals surface area contributed by atoms with Crippen molar-refractivity contribution in [1.82, 2.24) is 0 Å². The van der Waals surface area contributed by atoms with Gasteiger partial charge >= 0.3 is 17.9 Å². The van der Waals surface area contributed by atoms with E-state index >= 15 is 0 Å². The van der Waals surface area contributed by atoms with Gasteiger partial charge in [-0.25, -0.2) is 0 Å². The van der Waals surface area contributed by atoms with Gasteiger partial charge < -0.3 is 14.6 Å². The molecule has 92 valence electrons. The van der Waals surface area contributed by atoms with Crippen molar-refractivity contribution in [2.45, 2.75) is 26.7 Å². The molecule has 0 rings (SSSR count). The fraction of sp³-hybridized carbons (Fsp3) is 0.700. The average Bonchev–Trinajstić information content (AvgIpc) is 2.18. The fourth-order valence-corrected chi connectivity index (χ4v) is 1.08. The van der Waals surface area contributed by atoms with Gasteiger partial charge in [0, 0.05) is 6.42 Å². The predicted octanol–water partition coefficient (Wildman–Crippen LogP) is 0.594. The highest BCUT2D eigenvalue weighted by Gasteiger charge is 2.28. The molecule has 0 aliphatic rings. The van der Waals surface area contributed by atoms with Gasteiger partial charge in [-0.05, 0) is 20.3 Å². The maximum atomic E-state index is 11.2. The molecule has 0 heterocycles. The summed E-state index contributed by atoms with van der Waals surface area (Å²) in [7, 11) is 0. The van der Waals surface area contributed by atoms with Crippen molar-refractivity contribution in [2.75, 3.05) is 13.2 Å². The fourth-order valence-electron chi connectivity index (χ4n) is 1.08. The van der Waals surface area contributed by atoms with Crippen LogP contribution in [0.25, 0.3) is 0 Å². The lowest BCUT2D eigenvalue weighted by Crippen LogP contribution is -2.26. The van der Waals surface area contributed by atoms with Gasteiger partial charge in [-0.2, -0.15) is 0 Å². The van der Waals surface area contributed by atoms with Gasteiger partial charge in [0.05, 0.1) is 13.2 Å². The molecule has 0 radical (unpaired) electrons. The third-order valence-electron chi connectivity index (χ3n) is 1.81. The molecule has 0 amide bonds. The highest BCUT2D eigenvalue weighted by atomic mass is 16.5. The standard InChI is InChI=1S/C10H16O6/c1-3-15-8(11)6-5-7(9(12)13)10(14)16-4-2/h7H,3-6H2,1-2H3,(H,12,13). The van der Waals surface area contributed by atoms with E-state index in [0.717, 1.165) is 0 Å². The summed E-state index contributed by atoms with van der Waals surface area (Å²) >= 11 is 0. The Kier molecular flexibility index (Phi) is 6.91. The van der Waals surface area contributed by atoms with Crippen LogP contribution in [0.3, 0.4) is 0 Å². The van der Waals surface area contributed by atoms with Crippen LogP contribution in [0.4, 0.5) is 0 Å². The van der Waals surface area contributed by atoms with Crippen molar-refractivity contribution < 1.29 is 29.0 Å². The number of rotatable bonds is 7. The summed E-state index contributed by atoms with van der Waals surface area (Å²) in [4.78, 5) is 32.9. The van der Waals surface area contributed by atoms with Crippen molar-refractivity contribution in [2.24, 2.45) is 5.92 Å². The lowest BCUT2D eigenvalue weighted by Gasteiger charge is -2.10. The van der Waals surface area contributed by atoms with Gasteiger partial charge in [0.2, 0.25) is 0 Å². The lowest BCUT2D eigenvalue weighted by atomic mass is 10.0. The molecule has 0 aromatic rings. The molecule has 0 aromatic carbocycles. The minimum Gasteiger partial charge on any atom is -0.481 e. The van der Waals surface area contributed by atoms with Crippen molar-refractivity contribution in [3.63, 3.8) is 0 Å². The first-order valence-electron chi connectivity index (χ1n) is 5.07. The second-order valence-electron chi connectivity index (χ2n) is 2.99. The van der Waals surface area contributed by atoms with Crippen LogP contribution in [0.1, 0.15) is 26.7 Å². The summed E-state index contributed by atoms with van der Waals surface area (Å²) in [5.74, 6) is -3.93. The largest absolute Gasteiger partial charge is 0.481 e. The number of esters is 2. The third-order valence-corrected chi connectivity index (χ3v) is 1.81. The smallest absolute Gasteiger partial charge is 0.320 e. The van der Waals surface area contributed by atoms with E-state index in [-0.39, 0.29) is 26.1 Å². The van der Waals surface area contributed by atoms with Gasteiger partial charge in [-0.15, -0.1) is 0 Å². The molecule has 6 heteroatoms. The van der Waals surface area contributed by atoms with Crippen molar-refractivity contribution in [3.8, 4) is 0 Å². The molecule has 0 saturated heterocycles. The second kappa shape index (κ2) is 7.67. The van der Waals surface area contributed by atoms with Gasteiger partial charge in [0.25, 0.3) is 0 Å². The first kappa shape index (κ1) is 14.4. The summed E-state index contributed by atoms with van der Waals surface area (Å²) in [6.07, 6.45) is -0.212. The Morgan fingerprint density at radius 2 is 1.69 bits per heavy atom. The number of hydrogen-bond acceptors (Lipinski definition) is 5. The molecular formula is C10H16O6. The molecule has 1 atom stereocenters. The van der Waals surface area contributed by atoms with Gasteiger partial charge in [-0.3, -0.25) is 14.4 Å². The summed E-state index contributed by atoms with van der Waals surface area (Å²) < 4.78 is 9.21. The number of carbonyl (C=O) groups is 3. The van der Waals surface area contributed by atoms with E-state index in [9.17, 15) is 14.4 Å². The normalized spacial score (nSPS) is 11.6. The quantitative estimate of drug-likeness (QED) is 0.510. The average molecular weight is 232 g/mol. The molecule has 1 unspecified atom stereocenters. The Balaban J connectivity index is 4.19. The highest BCUT2D eigenvalue weighted by Crippen LogP contribution is 2.10. The van der Waals surface area contributed by atoms with Gasteiger partial charge in [0.15, 0.2) is 5.92 Å². The Hall–Kier alpha value is -1.59. The third kappa shape index (κ3) is 5.33. The lowest BCUT2D eigenvalue weighted by molar-refractivity contribution is -0.159. The summed E-state index contributed by atoms with van der Waals surface area (Å²) in [6, 6.07) is 0. The van der Waals surface area contributed by atoms with E-state index in [1.165, 1.54) is 0 Å². The van der Waals surface area contributed by atoms with Crippen LogP contribution >= 0.6 is 0 Å². The Bertz CT molecular complexity index is 260. The molecule has 1 N–H and O–H groups in total.